The Balaban J connectivity index is 2.74. The van der Waals surface area contributed by atoms with Crippen LogP contribution in [-0.4, -0.2) is 58.6 Å². The Morgan fingerprint density at radius 3 is 2.03 bits per heavy atom. The zero-order valence-corrected chi connectivity index (χ0v) is 17.3. The molecule has 1 aromatic rings. The number of rotatable bonds is 11. The molecule has 0 heterocycles. The third kappa shape index (κ3) is 8.48. The molecule has 10 nitrogen and oxygen atoms in total. The molecule has 3 atom stereocenters. The largest absolute Gasteiger partial charge is 0.508 e. The fourth-order valence-electron chi connectivity index (χ4n) is 2.70. The Kier molecular flexibility index (Phi) is 9.76. The summed E-state index contributed by atoms with van der Waals surface area (Å²) in [5.74, 6) is -2.81. The molecule has 10 heteroatoms. The maximum atomic E-state index is 12.5. The van der Waals surface area contributed by atoms with Crippen molar-refractivity contribution < 1.29 is 29.4 Å². The van der Waals surface area contributed by atoms with Gasteiger partial charge in [-0.3, -0.25) is 14.4 Å². The lowest BCUT2D eigenvalue weighted by Gasteiger charge is -2.23. The normalized spacial score (nSPS) is 13.8. The highest BCUT2D eigenvalue weighted by atomic mass is 16.4. The number of hydrogen-bond donors (Lipinski definition) is 6. The number of aliphatic carboxylic acids is 1. The molecule has 0 aliphatic carbocycles. The molecule has 0 aromatic heterocycles. The second kappa shape index (κ2) is 11.8. The van der Waals surface area contributed by atoms with Gasteiger partial charge in [-0.15, -0.1) is 0 Å². The fraction of sp³-hybridized carbons (Fsp3) is 0.500. The number of phenols is 1. The smallest absolute Gasteiger partial charge is 0.326 e. The molecule has 0 spiro atoms. The summed E-state index contributed by atoms with van der Waals surface area (Å²) in [7, 11) is 0. The molecule has 3 unspecified atom stereocenters. The molecule has 1 aromatic carbocycles. The van der Waals surface area contributed by atoms with Gasteiger partial charge >= 0.3 is 5.97 Å². The van der Waals surface area contributed by atoms with Gasteiger partial charge in [0.2, 0.25) is 17.7 Å². The molecule has 3 amide bonds. The van der Waals surface area contributed by atoms with E-state index in [-0.39, 0.29) is 24.6 Å². The SMILES string of the molecule is CC(C)CC(NC(=O)CN)C(=O)NC(C)C(=O)NC(Cc1ccc(O)cc1)C(=O)O. The number of carbonyl (C=O) groups excluding carboxylic acids is 3. The topological polar surface area (TPSA) is 171 Å². The van der Waals surface area contributed by atoms with Crippen molar-refractivity contribution in [3.8, 4) is 5.75 Å². The lowest BCUT2D eigenvalue weighted by Crippen LogP contribution is -2.55. The summed E-state index contributed by atoms with van der Waals surface area (Å²) in [6.07, 6.45) is 0.356. The number of hydrogen-bond acceptors (Lipinski definition) is 6. The van der Waals surface area contributed by atoms with E-state index in [4.69, 9.17) is 5.73 Å². The first-order valence-electron chi connectivity index (χ1n) is 9.64. The van der Waals surface area contributed by atoms with Crippen LogP contribution in [0.5, 0.6) is 5.75 Å². The average Bonchev–Trinajstić information content (AvgIpc) is 2.67. The van der Waals surface area contributed by atoms with Crippen molar-refractivity contribution in [1.29, 1.82) is 0 Å². The molecule has 1 rings (SSSR count). The van der Waals surface area contributed by atoms with Crippen molar-refractivity contribution in [2.75, 3.05) is 6.54 Å². The first-order valence-corrected chi connectivity index (χ1v) is 9.64. The van der Waals surface area contributed by atoms with Gasteiger partial charge in [-0.2, -0.15) is 0 Å². The number of phenolic OH excluding ortho intramolecular Hbond substituents is 1. The van der Waals surface area contributed by atoms with Gasteiger partial charge in [0, 0.05) is 6.42 Å². The van der Waals surface area contributed by atoms with E-state index in [9.17, 15) is 29.4 Å². The molecule has 0 fully saturated rings. The van der Waals surface area contributed by atoms with Crippen molar-refractivity contribution in [2.24, 2.45) is 11.7 Å². The van der Waals surface area contributed by atoms with E-state index in [2.05, 4.69) is 16.0 Å². The molecule has 0 radical (unpaired) electrons. The highest BCUT2D eigenvalue weighted by Crippen LogP contribution is 2.11. The summed E-state index contributed by atoms with van der Waals surface area (Å²) in [6, 6.07) is 2.85. The summed E-state index contributed by atoms with van der Waals surface area (Å²) in [4.78, 5) is 48.0. The van der Waals surface area contributed by atoms with Crippen LogP contribution in [0.4, 0.5) is 0 Å². The number of nitrogens with two attached hydrogens (primary N) is 1. The van der Waals surface area contributed by atoms with E-state index in [1.807, 2.05) is 13.8 Å². The molecule has 30 heavy (non-hydrogen) atoms. The average molecular weight is 422 g/mol. The van der Waals surface area contributed by atoms with Gasteiger partial charge in [0.1, 0.15) is 23.9 Å². The van der Waals surface area contributed by atoms with E-state index in [0.717, 1.165) is 0 Å². The van der Waals surface area contributed by atoms with Gasteiger partial charge in [-0.25, -0.2) is 4.79 Å². The van der Waals surface area contributed by atoms with Gasteiger partial charge in [-0.1, -0.05) is 26.0 Å². The summed E-state index contributed by atoms with van der Waals surface area (Å²) < 4.78 is 0. The first-order chi connectivity index (χ1) is 14.0. The van der Waals surface area contributed by atoms with E-state index in [1.54, 1.807) is 12.1 Å². The number of carboxylic acid groups (broad SMARTS) is 1. The zero-order chi connectivity index (χ0) is 22.8. The molecule has 166 valence electrons. The standard InChI is InChI=1S/C20H30N4O6/c1-11(2)8-15(23-17(26)10-21)19(28)22-12(3)18(27)24-16(20(29)30)9-13-4-6-14(25)7-5-13/h4-7,11-12,15-16,25H,8-10,21H2,1-3H3,(H,22,28)(H,23,26)(H,24,27)(H,29,30). The Morgan fingerprint density at radius 1 is 0.933 bits per heavy atom. The zero-order valence-electron chi connectivity index (χ0n) is 17.3. The quantitative estimate of drug-likeness (QED) is 0.279. The maximum absolute atomic E-state index is 12.5. The van der Waals surface area contributed by atoms with Crippen molar-refractivity contribution in [1.82, 2.24) is 16.0 Å². The lowest BCUT2D eigenvalue weighted by molar-refractivity contribution is -0.142. The Morgan fingerprint density at radius 2 is 1.53 bits per heavy atom. The second-order valence-electron chi connectivity index (χ2n) is 7.45. The number of amides is 3. The van der Waals surface area contributed by atoms with Gasteiger partial charge in [0.05, 0.1) is 6.54 Å². The van der Waals surface area contributed by atoms with Crippen LogP contribution in [0.1, 0.15) is 32.8 Å². The summed E-state index contributed by atoms with van der Waals surface area (Å²) in [5.41, 5.74) is 5.89. The molecule has 0 aliphatic heterocycles. The third-order valence-corrected chi connectivity index (χ3v) is 4.29. The van der Waals surface area contributed by atoms with E-state index >= 15 is 0 Å². The number of carboxylic acids is 1. The number of nitrogens with one attached hydrogen (secondary N) is 3. The van der Waals surface area contributed by atoms with Crippen LogP contribution in [0.2, 0.25) is 0 Å². The minimum absolute atomic E-state index is 0.00452. The highest BCUT2D eigenvalue weighted by molar-refractivity contribution is 5.93. The minimum atomic E-state index is -1.23. The minimum Gasteiger partial charge on any atom is -0.508 e. The van der Waals surface area contributed by atoms with Gasteiger partial charge in [0.15, 0.2) is 0 Å². The van der Waals surface area contributed by atoms with Crippen molar-refractivity contribution >= 4 is 23.7 Å². The number of carbonyl (C=O) groups is 4. The van der Waals surface area contributed by atoms with Gasteiger partial charge in [0.25, 0.3) is 0 Å². The molecular weight excluding hydrogens is 392 g/mol. The first kappa shape index (κ1) is 24.9. The van der Waals surface area contributed by atoms with Crippen molar-refractivity contribution in [3.05, 3.63) is 29.8 Å². The fourth-order valence-corrected chi connectivity index (χ4v) is 2.70. The van der Waals surface area contributed by atoms with Crippen LogP contribution in [0, 0.1) is 5.92 Å². The molecule has 0 bridgehead atoms. The number of benzene rings is 1. The van der Waals surface area contributed by atoms with Crippen LogP contribution >= 0.6 is 0 Å². The van der Waals surface area contributed by atoms with E-state index in [1.165, 1.54) is 19.1 Å². The molecular formula is C20H30N4O6. The predicted molar refractivity (Wildman–Crippen MR) is 109 cm³/mol. The summed E-state index contributed by atoms with van der Waals surface area (Å²) in [5, 5.41) is 26.1. The molecule has 0 saturated carbocycles. The van der Waals surface area contributed by atoms with Crippen LogP contribution in [0.3, 0.4) is 0 Å². The Bertz CT molecular complexity index is 750. The highest BCUT2D eigenvalue weighted by Gasteiger charge is 2.27. The molecule has 7 N–H and O–H groups in total. The lowest BCUT2D eigenvalue weighted by atomic mass is 10.0. The van der Waals surface area contributed by atoms with Crippen LogP contribution in [0.25, 0.3) is 0 Å². The monoisotopic (exact) mass is 422 g/mol. The van der Waals surface area contributed by atoms with E-state index < -0.39 is 41.8 Å². The Labute approximate surface area is 175 Å². The van der Waals surface area contributed by atoms with Crippen LogP contribution in [-0.2, 0) is 25.6 Å². The Hall–Kier alpha value is -3.14. The molecule has 0 aliphatic rings. The summed E-state index contributed by atoms with van der Waals surface area (Å²) in [6.45, 7) is 4.91. The maximum Gasteiger partial charge on any atom is 0.326 e. The van der Waals surface area contributed by atoms with Gasteiger partial charge < -0.3 is 31.9 Å². The second-order valence-corrected chi connectivity index (χ2v) is 7.45. The number of aromatic hydroxyl groups is 1. The van der Waals surface area contributed by atoms with Gasteiger partial charge in [-0.05, 0) is 37.0 Å². The molecule has 0 saturated heterocycles. The van der Waals surface area contributed by atoms with E-state index in [0.29, 0.717) is 12.0 Å². The van der Waals surface area contributed by atoms with Crippen molar-refractivity contribution in [2.45, 2.75) is 51.7 Å². The van der Waals surface area contributed by atoms with Crippen LogP contribution < -0.4 is 21.7 Å². The van der Waals surface area contributed by atoms with Crippen molar-refractivity contribution in [3.63, 3.8) is 0 Å². The van der Waals surface area contributed by atoms with Crippen LogP contribution in [0.15, 0.2) is 24.3 Å². The summed E-state index contributed by atoms with van der Waals surface area (Å²) >= 11 is 0. The third-order valence-electron chi connectivity index (χ3n) is 4.29. The predicted octanol–water partition coefficient (Wildman–Crippen LogP) is -0.502.